The number of halogens is 1. The van der Waals surface area contributed by atoms with Gasteiger partial charge in [-0.05, 0) is 61.9 Å². The largest absolute Gasteiger partial charge is 0.396 e. The zero-order valence-corrected chi connectivity index (χ0v) is 14.2. The molecule has 2 aliphatic rings. The number of likely N-dealkylation sites (tertiary alicyclic amines) is 2. The van der Waals surface area contributed by atoms with Crippen LogP contribution in [-0.2, 0) is 11.3 Å². The van der Waals surface area contributed by atoms with Crippen LogP contribution in [0, 0.1) is 11.2 Å². The molecule has 1 N–H and O–H groups in total. The Morgan fingerprint density at radius 3 is 2.50 bits per heavy atom. The van der Waals surface area contributed by atoms with Crippen molar-refractivity contribution in [3.8, 4) is 0 Å². The van der Waals surface area contributed by atoms with E-state index >= 15 is 0 Å². The van der Waals surface area contributed by atoms with Crippen molar-refractivity contribution in [1.29, 1.82) is 0 Å². The molecule has 0 saturated carbocycles. The Morgan fingerprint density at radius 2 is 1.83 bits per heavy atom. The molecule has 0 atom stereocenters. The summed E-state index contributed by atoms with van der Waals surface area (Å²) in [6, 6.07) is 6.75. The molecule has 2 fully saturated rings. The van der Waals surface area contributed by atoms with Crippen LogP contribution in [0.1, 0.15) is 37.7 Å². The summed E-state index contributed by atoms with van der Waals surface area (Å²) >= 11 is 0. The molecule has 1 aromatic carbocycles. The molecule has 1 aromatic rings. The highest BCUT2D eigenvalue weighted by atomic mass is 19.1. The van der Waals surface area contributed by atoms with Crippen molar-refractivity contribution in [3.05, 3.63) is 35.6 Å². The van der Waals surface area contributed by atoms with Gasteiger partial charge < -0.3 is 10.0 Å². The fourth-order valence-corrected chi connectivity index (χ4v) is 4.01. The molecule has 0 radical (unpaired) electrons. The summed E-state index contributed by atoms with van der Waals surface area (Å²) in [4.78, 5) is 16.4. The van der Waals surface area contributed by atoms with Crippen LogP contribution in [0.4, 0.5) is 4.39 Å². The molecule has 4 nitrogen and oxygen atoms in total. The number of rotatable bonds is 5. The van der Waals surface area contributed by atoms with Gasteiger partial charge in [0.1, 0.15) is 5.82 Å². The van der Waals surface area contributed by atoms with Gasteiger partial charge in [-0.15, -0.1) is 0 Å². The summed E-state index contributed by atoms with van der Waals surface area (Å²) in [5.74, 6) is 0.0500. The Balaban J connectivity index is 1.53. The molecule has 5 heteroatoms. The zero-order chi connectivity index (χ0) is 17.0. The summed E-state index contributed by atoms with van der Waals surface area (Å²) in [6.07, 6.45) is 4.52. The highest BCUT2D eigenvalue weighted by molar-refractivity contribution is 5.77. The summed E-state index contributed by atoms with van der Waals surface area (Å²) in [7, 11) is 0. The Hall–Kier alpha value is -1.46. The highest BCUT2D eigenvalue weighted by Crippen LogP contribution is 2.40. The van der Waals surface area contributed by atoms with Gasteiger partial charge in [-0.25, -0.2) is 4.39 Å². The zero-order valence-electron chi connectivity index (χ0n) is 14.2. The third-order valence-corrected chi connectivity index (χ3v) is 5.57. The Kier molecular flexibility index (Phi) is 5.51. The van der Waals surface area contributed by atoms with Crippen molar-refractivity contribution in [2.75, 3.05) is 32.8 Å². The van der Waals surface area contributed by atoms with Crippen molar-refractivity contribution in [2.45, 2.75) is 38.6 Å². The van der Waals surface area contributed by atoms with Gasteiger partial charge in [0.15, 0.2) is 0 Å². The predicted molar refractivity (Wildman–Crippen MR) is 90.9 cm³/mol. The number of nitrogens with zero attached hydrogens (tertiary/aromatic N) is 2. The quantitative estimate of drug-likeness (QED) is 0.899. The second kappa shape index (κ2) is 7.62. The first-order chi connectivity index (χ1) is 11.6. The number of hydrogen-bond acceptors (Lipinski definition) is 3. The molecule has 2 heterocycles. The Bertz CT molecular complexity index is 553. The van der Waals surface area contributed by atoms with E-state index in [1.165, 1.54) is 12.1 Å². The van der Waals surface area contributed by atoms with Gasteiger partial charge >= 0.3 is 0 Å². The molecule has 0 aromatic heterocycles. The van der Waals surface area contributed by atoms with Crippen molar-refractivity contribution in [1.82, 2.24) is 9.80 Å². The van der Waals surface area contributed by atoms with E-state index in [0.29, 0.717) is 19.4 Å². The first-order valence-corrected chi connectivity index (χ1v) is 8.96. The average Bonchev–Trinajstić information content (AvgIpc) is 2.60. The van der Waals surface area contributed by atoms with Gasteiger partial charge in [0.05, 0.1) is 0 Å². The van der Waals surface area contributed by atoms with E-state index in [0.717, 1.165) is 51.0 Å². The summed E-state index contributed by atoms with van der Waals surface area (Å²) in [5.41, 5.74) is 1.40. The van der Waals surface area contributed by atoms with E-state index in [-0.39, 0.29) is 23.7 Å². The normalized spacial score (nSPS) is 21.4. The molecular weight excluding hydrogens is 307 g/mol. The molecule has 24 heavy (non-hydrogen) atoms. The van der Waals surface area contributed by atoms with E-state index in [1.54, 1.807) is 0 Å². The number of piperidine rings is 2. The van der Waals surface area contributed by atoms with Crippen LogP contribution in [0.2, 0.25) is 0 Å². The van der Waals surface area contributed by atoms with Crippen LogP contribution >= 0.6 is 0 Å². The minimum absolute atomic E-state index is 0.141. The molecule has 0 unspecified atom stereocenters. The minimum Gasteiger partial charge on any atom is -0.396 e. The first-order valence-electron chi connectivity index (χ1n) is 8.96. The Labute approximate surface area is 143 Å². The van der Waals surface area contributed by atoms with Crippen molar-refractivity contribution in [3.63, 3.8) is 0 Å². The Morgan fingerprint density at radius 1 is 1.12 bits per heavy atom. The van der Waals surface area contributed by atoms with E-state index in [1.807, 2.05) is 17.0 Å². The fourth-order valence-electron chi connectivity index (χ4n) is 4.01. The van der Waals surface area contributed by atoms with Crippen LogP contribution < -0.4 is 0 Å². The molecule has 132 valence electrons. The van der Waals surface area contributed by atoms with Gasteiger partial charge in [-0.3, -0.25) is 9.69 Å². The molecule has 2 aliphatic heterocycles. The number of aliphatic hydroxyl groups is 1. The third kappa shape index (κ3) is 4.14. The molecule has 0 aliphatic carbocycles. The van der Waals surface area contributed by atoms with Crippen LogP contribution in [0.3, 0.4) is 0 Å². The number of carbonyl (C=O) groups excluding carboxylic acids is 1. The number of benzene rings is 1. The lowest BCUT2D eigenvalue weighted by Gasteiger charge is -2.47. The molecule has 0 bridgehead atoms. The molecule has 2 saturated heterocycles. The standard InChI is InChI=1S/C19H27FN2O2/c20-17-4-2-16(3-5-17)14-21-11-8-19(9-12-21)7-6-18(24)22(15-19)10-1-13-23/h2-5,23H,1,6-15H2. The highest BCUT2D eigenvalue weighted by Gasteiger charge is 2.40. The topological polar surface area (TPSA) is 43.8 Å². The van der Waals surface area contributed by atoms with Gasteiger partial charge in [-0.1, -0.05) is 12.1 Å². The van der Waals surface area contributed by atoms with Crippen LogP contribution in [0.25, 0.3) is 0 Å². The lowest BCUT2D eigenvalue weighted by atomic mass is 9.72. The monoisotopic (exact) mass is 334 g/mol. The van der Waals surface area contributed by atoms with Gasteiger partial charge in [0.2, 0.25) is 5.91 Å². The van der Waals surface area contributed by atoms with Gasteiger partial charge in [0, 0.05) is 32.7 Å². The van der Waals surface area contributed by atoms with Crippen LogP contribution in [0.5, 0.6) is 0 Å². The van der Waals surface area contributed by atoms with Crippen molar-refractivity contribution < 1.29 is 14.3 Å². The molecular formula is C19H27FN2O2. The van der Waals surface area contributed by atoms with Crippen molar-refractivity contribution >= 4 is 5.91 Å². The maximum absolute atomic E-state index is 13.0. The first kappa shape index (κ1) is 17.4. The number of carbonyl (C=O) groups is 1. The maximum Gasteiger partial charge on any atom is 0.222 e. The average molecular weight is 334 g/mol. The minimum atomic E-state index is -0.189. The number of amides is 1. The lowest BCUT2D eigenvalue weighted by molar-refractivity contribution is -0.139. The SMILES string of the molecule is O=C1CCC2(CCN(Cc3ccc(F)cc3)CC2)CN1CCCO. The van der Waals surface area contributed by atoms with Gasteiger partial charge in [0.25, 0.3) is 0 Å². The molecule has 3 rings (SSSR count). The molecule has 1 spiro atoms. The summed E-state index contributed by atoms with van der Waals surface area (Å²) in [6.45, 7) is 4.58. The number of hydrogen-bond donors (Lipinski definition) is 1. The van der Waals surface area contributed by atoms with Crippen molar-refractivity contribution in [2.24, 2.45) is 5.41 Å². The second-order valence-electron chi connectivity index (χ2n) is 7.30. The van der Waals surface area contributed by atoms with E-state index in [9.17, 15) is 9.18 Å². The lowest BCUT2D eigenvalue weighted by Crippen LogP contribution is -2.51. The molecule has 1 amide bonds. The van der Waals surface area contributed by atoms with E-state index in [2.05, 4.69) is 4.90 Å². The smallest absolute Gasteiger partial charge is 0.222 e. The fraction of sp³-hybridized carbons (Fsp3) is 0.632. The van der Waals surface area contributed by atoms with Crippen LogP contribution in [0.15, 0.2) is 24.3 Å². The number of aliphatic hydroxyl groups excluding tert-OH is 1. The second-order valence-corrected chi connectivity index (χ2v) is 7.30. The van der Waals surface area contributed by atoms with Crippen LogP contribution in [-0.4, -0.2) is 53.6 Å². The summed E-state index contributed by atoms with van der Waals surface area (Å²) < 4.78 is 13.0. The van der Waals surface area contributed by atoms with Gasteiger partial charge in [-0.2, -0.15) is 0 Å². The summed E-state index contributed by atoms with van der Waals surface area (Å²) in [5, 5.41) is 9.01. The predicted octanol–water partition coefficient (Wildman–Crippen LogP) is 2.41. The van der Waals surface area contributed by atoms with E-state index < -0.39 is 0 Å². The maximum atomic E-state index is 13.0. The third-order valence-electron chi connectivity index (χ3n) is 5.57. The van der Waals surface area contributed by atoms with E-state index in [4.69, 9.17) is 5.11 Å².